The molecule has 0 aliphatic carbocycles. The maximum absolute atomic E-state index is 6.22. The first-order valence-electron chi connectivity index (χ1n) is 6.64. The van der Waals surface area contributed by atoms with E-state index >= 15 is 0 Å². The van der Waals surface area contributed by atoms with E-state index in [-0.39, 0.29) is 0 Å². The molecule has 0 radical (unpaired) electrons. The number of rotatable bonds is 5. The van der Waals surface area contributed by atoms with E-state index in [0.29, 0.717) is 0 Å². The largest absolute Gasteiger partial charge is 0.497 e. The van der Waals surface area contributed by atoms with Gasteiger partial charge in [0.1, 0.15) is 23.1 Å². The Kier molecular flexibility index (Phi) is 4.10. The van der Waals surface area contributed by atoms with E-state index in [0.717, 1.165) is 48.0 Å². The summed E-state index contributed by atoms with van der Waals surface area (Å²) in [6.07, 6.45) is 2.26. The van der Waals surface area contributed by atoms with E-state index in [2.05, 4.69) is 16.5 Å². The van der Waals surface area contributed by atoms with E-state index in [4.69, 9.17) is 10.5 Å². The number of imidazole rings is 1. The molecule has 1 aromatic heterocycles. The van der Waals surface area contributed by atoms with E-state index in [9.17, 15) is 0 Å². The summed E-state index contributed by atoms with van der Waals surface area (Å²) < 4.78 is 7.25. The van der Waals surface area contributed by atoms with Gasteiger partial charge in [0, 0.05) is 12.1 Å². The molecule has 0 bridgehead atoms. The molecule has 4 heteroatoms. The van der Waals surface area contributed by atoms with Crippen molar-refractivity contribution in [2.24, 2.45) is 0 Å². The van der Waals surface area contributed by atoms with Crippen LogP contribution in [0, 0.1) is 6.92 Å². The molecule has 0 saturated carbocycles. The first kappa shape index (κ1) is 13.5. The average molecular weight is 259 g/mol. The summed E-state index contributed by atoms with van der Waals surface area (Å²) >= 11 is 0. The Morgan fingerprint density at radius 3 is 2.53 bits per heavy atom. The smallest absolute Gasteiger partial charge is 0.131 e. The minimum absolute atomic E-state index is 0.746. The molecule has 2 rings (SSSR count). The van der Waals surface area contributed by atoms with Gasteiger partial charge >= 0.3 is 0 Å². The number of ether oxygens (including phenoxy) is 1. The molecule has 2 aromatic rings. The van der Waals surface area contributed by atoms with Crippen LogP contribution < -0.4 is 10.5 Å². The average Bonchev–Trinajstić information content (AvgIpc) is 2.72. The van der Waals surface area contributed by atoms with Crippen LogP contribution >= 0.6 is 0 Å². The highest BCUT2D eigenvalue weighted by atomic mass is 16.5. The molecule has 19 heavy (non-hydrogen) atoms. The van der Waals surface area contributed by atoms with Crippen LogP contribution in [0.2, 0.25) is 0 Å². The summed E-state index contributed by atoms with van der Waals surface area (Å²) in [4.78, 5) is 4.59. The Morgan fingerprint density at radius 1 is 1.26 bits per heavy atom. The summed E-state index contributed by atoms with van der Waals surface area (Å²) in [5.41, 5.74) is 8.10. The normalized spacial score (nSPS) is 10.7. The SMILES string of the molecule is CCCCn1c(C)nc(-c2ccc(OC)cc2)c1N. The van der Waals surface area contributed by atoms with Gasteiger partial charge in [-0.1, -0.05) is 13.3 Å². The number of methoxy groups -OCH3 is 1. The second kappa shape index (κ2) is 5.78. The maximum Gasteiger partial charge on any atom is 0.131 e. The lowest BCUT2D eigenvalue weighted by atomic mass is 10.1. The number of benzene rings is 1. The van der Waals surface area contributed by atoms with Crippen LogP contribution in [0.3, 0.4) is 0 Å². The third kappa shape index (κ3) is 2.72. The van der Waals surface area contributed by atoms with Crippen molar-refractivity contribution in [3.05, 3.63) is 30.1 Å². The third-order valence-electron chi connectivity index (χ3n) is 3.30. The van der Waals surface area contributed by atoms with E-state index < -0.39 is 0 Å². The molecule has 0 saturated heterocycles. The van der Waals surface area contributed by atoms with Crippen molar-refractivity contribution in [2.45, 2.75) is 33.2 Å². The molecular formula is C15H21N3O. The predicted molar refractivity (Wildman–Crippen MR) is 78.3 cm³/mol. The number of hydrogen-bond acceptors (Lipinski definition) is 3. The van der Waals surface area contributed by atoms with Gasteiger partial charge in [0.25, 0.3) is 0 Å². The topological polar surface area (TPSA) is 53.1 Å². The highest BCUT2D eigenvalue weighted by Gasteiger charge is 2.13. The number of nitrogens with two attached hydrogens (primary N) is 1. The van der Waals surface area contributed by atoms with Gasteiger partial charge in [-0.15, -0.1) is 0 Å². The molecular weight excluding hydrogens is 238 g/mol. The zero-order valence-corrected chi connectivity index (χ0v) is 11.8. The molecule has 0 atom stereocenters. The summed E-state index contributed by atoms with van der Waals surface area (Å²) in [5.74, 6) is 2.55. The third-order valence-corrected chi connectivity index (χ3v) is 3.30. The molecule has 4 nitrogen and oxygen atoms in total. The van der Waals surface area contributed by atoms with Crippen molar-refractivity contribution in [3.8, 4) is 17.0 Å². The van der Waals surface area contributed by atoms with Crippen LogP contribution in [-0.4, -0.2) is 16.7 Å². The number of aromatic nitrogens is 2. The number of nitrogen functional groups attached to an aromatic ring is 1. The second-order valence-electron chi connectivity index (χ2n) is 4.63. The van der Waals surface area contributed by atoms with E-state index in [1.54, 1.807) is 7.11 Å². The lowest BCUT2D eigenvalue weighted by molar-refractivity contribution is 0.415. The molecule has 102 valence electrons. The zero-order valence-electron chi connectivity index (χ0n) is 11.8. The van der Waals surface area contributed by atoms with Gasteiger partial charge in [-0.3, -0.25) is 0 Å². The Morgan fingerprint density at radius 2 is 1.95 bits per heavy atom. The van der Waals surface area contributed by atoms with Gasteiger partial charge in [-0.05, 0) is 37.6 Å². The first-order valence-corrected chi connectivity index (χ1v) is 6.64. The standard InChI is InChI=1S/C15H21N3O/c1-4-5-10-18-11(2)17-14(15(18)16)12-6-8-13(19-3)9-7-12/h6-9H,4-5,10,16H2,1-3H3. The number of anilines is 1. The summed E-state index contributed by atoms with van der Waals surface area (Å²) in [7, 11) is 1.66. The van der Waals surface area contributed by atoms with Crippen molar-refractivity contribution in [2.75, 3.05) is 12.8 Å². The van der Waals surface area contributed by atoms with Crippen LogP contribution in [0.5, 0.6) is 5.75 Å². The van der Waals surface area contributed by atoms with Crippen LogP contribution in [0.4, 0.5) is 5.82 Å². The fourth-order valence-corrected chi connectivity index (χ4v) is 2.14. The molecule has 0 amide bonds. The Balaban J connectivity index is 2.33. The Labute approximate surface area is 114 Å². The molecule has 0 fully saturated rings. The lowest BCUT2D eigenvalue weighted by Crippen LogP contribution is -2.04. The predicted octanol–water partition coefficient (Wildman–Crippen LogP) is 3.25. The van der Waals surface area contributed by atoms with Gasteiger partial charge in [0.2, 0.25) is 0 Å². The minimum Gasteiger partial charge on any atom is -0.497 e. The van der Waals surface area contributed by atoms with E-state index in [1.807, 2.05) is 31.2 Å². The van der Waals surface area contributed by atoms with Crippen LogP contribution in [0.1, 0.15) is 25.6 Å². The van der Waals surface area contributed by atoms with Crippen LogP contribution in [0.15, 0.2) is 24.3 Å². The first-order chi connectivity index (χ1) is 9.17. The van der Waals surface area contributed by atoms with Gasteiger partial charge in [-0.25, -0.2) is 4.98 Å². The van der Waals surface area contributed by atoms with Gasteiger partial charge in [0.15, 0.2) is 0 Å². The molecule has 0 aliphatic rings. The molecule has 1 aromatic carbocycles. The van der Waals surface area contributed by atoms with Gasteiger partial charge in [0.05, 0.1) is 7.11 Å². The monoisotopic (exact) mass is 259 g/mol. The number of hydrogen-bond donors (Lipinski definition) is 1. The molecule has 2 N–H and O–H groups in total. The second-order valence-corrected chi connectivity index (χ2v) is 4.63. The van der Waals surface area contributed by atoms with Gasteiger partial charge in [-0.2, -0.15) is 0 Å². The van der Waals surface area contributed by atoms with Crippen molar-refractivity contribution >= 4 is 5.82 Å². The zero-order chi connectivity index (χ0) is 13.8. The van der Waals surface area contributed by atoms with Crippen LogP contribution in [-0.2, 0) is 6.54 Å². The maximum atomic E-state index is 6.22. The number of nitrogens with zero attached hydrogens (tertiary/aromatic N) is 2. The van der Waals surface area contributed by atoms with Crippen molar-refractivity contribution in [1.82, 2.24) is 9.55 Å². The highest BCUT2D eigenvalue weighted by molar-refractivity contribution is 5.71. The molecule has 0 spiro atoms. The lowest BCUT2D eigenvalue weighted by Gasteiger charge is -2.06. The van der Waals surface area contributed by atoms with Crippen molar-refractivity contribution in [3.63, 3.8) is 0 Å². The summed E-state index contributed by atoms with van der Waals surface area (Å²) in [5, 5.41) is 0. The Bertz CT molecular complexity index is 543. The van der Waals surface area contributed by atoms with Crippen LogP contribution in [0.25, 0.3) is 11.3 Å². The molecule has 0 aliphatic heterocycles. The summed E-state index contributed by atoms with van der Waals surface area (Å²) in [6, 6.07) is 7.83. The fraction of sp³-hybridized carbons (Fsp3) is 0.400. The number of unbranched alkanes of at least 4 members (excludes halogenated alkanes) is 1. The number of aryl methyl sites for hydroxylation is 1. The fourth-order valence-electron chi connectivity index (χ4n) is 2.14. The summed E-state index contributed by atoms with van der Waals surface area (Å²) in [6.45, 7) is 5.10. The minimum atomic E-state index is 0.746. The molecule has 1 heterocycles. The van der Waals surface area contributed by atoms with Gasteiger partial charge < -0.3 is 15.0 Å². The Hall–Kier alpha value is -1.97. The quantitative estimate of drug-likeness (QED) is 0.896. The van der Waals surface area contributed by atoms with Crippen molar-refractivity contribution < 1.29 is 4.74 Å². The van der Waals surface area contributed by atoms with Crippen molar-refractivity contribution in [1.29, 1.82) is 0 Å². The van der Waals surface area contributed by atoms with E-state index in [1.165, 1.54) is 0 Å². The highest BCUT2D eigenvalue weighted by Crippen LogP contribution is 2.28. The molecule has 0 unspecified atom stereocenters.